The van der Waals surface area contributed by atoms with E-state index in [2.05, 4.69) is 38.2 Å². The van der Waals surface area contributed by atoms with Crippen LogP contribution in [0.4, 0.5) is 0 Å². The molecule has 7 heteroatoms. The Morgan fingerprint density at radius 1 is 1.25 bits per heavy atom. The monoisotopic (exact) mass is 377 g/mol. The van der Waals surface area contributed by atoms with Crippen LogP contribution < -0.4 is 15.8 Å². The molecule has 0 radical (unpaired) electrons. The largest absolute Gasteiger partial charge is 0.497 e. The number of primary amides is 1. The molecule has 0 aliphatic heterocycles. The highest BCUT2D eigenvalue weighted by Gasteiger charge is 2.09. The second-order valence-corrected chi connectivity index (χ2v) is 6.75. The topological polar surface area (TPSA) is 98.0 Å². The molecule has 0 saturated heterocycles. The van der Waals surface area contributed by atoms with E-state index in [1.54, 1.807) is 7.11 Å². The Morgan fingerprint density at radius 3 is 2.93 bits per heavy atom. The van der Waals surface area contributed by atoms with Crippen molar-refractivity contribution >= 4 is 27.8 Å². The number of carbonyl (C=O) groups excluding carboxylic acids is 1. The van der Waals surface area contributed by atoms with Crippen molar-refractivity contribution in [2.24, 2.45) is 5.73 Å². The van der Waals surface area contributed by atoms with E-state index < -0.39 is 0 Å². The van der Waals surface area contributed by atoms with Crippen LogP contribution in [0.3, 0.4) is 0 Å². The number of carbonyl (C=O) groups is 1. The minimum Gasteiger partial charge on any atom is -0.497 e. The van der Waals surface area contributed by atoms with E-state index >= 15 is 0 Å². The van der Waals surface area contributed by atoms with E-state index in [4.69, 9.17) is 10.5 Å². The van der Waals surface area contributed by atoms with Crippen LogP contribution in [0.5, 0.6) is 5.75 Å². The lowest BCUT2D eigenvalue weighted by atomic mass is 10.2. The lowest BCUT2D eigenvalue weighted by Crippen LogP contribution is -2.14. The van der Waals surface area contributed by atoms with Crippen LogP contribution in [0.2, 0.25) is 0 Å². The number of imidazole rings is 1. The van der Waals surface area contributed by atoms with E-state index in [1.165, 1.54) is 10.9 Å². The number of hydrogen-bond acceptors (Lipinski definition) is 4. The van der Waals surface area contributed by atoms with Gasteiger partial charge in [-0.25, -0.2) is 4.98 Å². The molecule has 7 nitrogen and oxygen atoms in total. The molecule has 0 saturated carbocycles. The smallest absolute Gasteiger partial charge is 0.219 e. The third-order valence-electron chi connectivity index (χ3n) is 4.82. The van der Waals surface area contributed by atoms with Crippen molar-refractivity contribution in [2.75, 3.05) is 7.11 Å². The van der Waals surface area contributed by atoms with Gasteiger partial charge in [0.2, 0.25) is 5.91 Å². The highest BCUT2D eigenvalue weighted by Crippen LogP contribution is 2.22. The number of amides is 1. The Balaban J connectivity index is 1.47. The molecule has 2 heterocycles. The summed E-state index contributed by atoms with van der Waals surface area (Å²) in [6.45, 7) is 1.91. The summed E-state index contributed by atoms with van der Waals surface area (Å²) in [6.07, 6.45) is 2.41. The molecule has 0 atom stereocenters. The van der Waals surface area contributed by atoms with Crippen molar-refractivity contribution in [3.05, 3.63) is 60.0 Å². The molecule has 4 rings (SSSR count). The predicted octanol–water partition coefficient (Wildman–Crippen LogP) is 2.69. The molecule has 0 bridgehead atoms. The molecule has 4 aromatic rings. The van der Waals surface area contributed by atoms with E-state index in [0.717, 1.165) is 28.1 Å². The third-order valence-corrected chi connectivity index (χ3v) is 4.82. The number of para-hydroxylation sites is 1. The number of rotatable bonds is 8. The van der Waals surface area contributed by atoms with Crippen LogP contribution in [-0.4, -0.2) is 27.6 Å². The van der Waals surface area contributed by atoms with Gasteiger partial charge in [0.25, 0.3) is 0 Å². The van der Waals surface area contributed by atoms with Gasteiger partial charge in [0.1, 0.15) is 11.6 Å². The summed E-state index contributed by atoms with van der Waals surface area (Å²) in [5, 5.41) is 4.62. The van der Waals surface area contributed by atoms with E-state index in [1.807, 2.05) is 30.3 Å². The summed E-state index contributed by atoms with van der Waals surface area (Å²) < 4.78 is 7.34. The van der Waals surface area contributed by atoms with Gasteiger partial charge in [0.05, 0.1) is 24.7 Å². The van der Waals surface area contributed by atoms with E-state index in [9.17, 15) is 4.79 Å². The summed E-state index contributed by atoms with van der Waals surface area (Å²) in [4.78, 5) is 19.1. The number of hydrogen-bond donors (Lipinski definition) is 3. The molecular formula is C21H23N5O2. The molecule has 0 spiro atoms. The summed E-state index contributed by atoms with van der Waals surface area (Å²) in [6, 6.07) is 14.0. The maximum absolute atomic E-state index is 11.1. The normalized spacial score (nSPS) is 11.3. The van der Waals surface area contributed by atoms with Gasteiger partial charge in [-0.15, -0.1) is 0 Å². The Labute approximate surface area is 162 Å². The highest BCUT2D eigenvalue weighted by molar-refractivity contribution is 5.84. The maximum atomic E-state index is 11.1. The van der Waals surface area contributed by atoms with Crippen molar-refractivity contribution in [2.45, 2.75) is 26.1 Å². The number of H-pyrrole nitrogens is 1. The number of methoxy groups -OCH3 is 1. The van der Waals surface area contributed by atoms with Crippen molar-refractivity contribution in [3.63, 3.8) is 0 Å². The molecule has 2 aromatic carbocycles. The molecule has 0 unspecified atom stereocenters. The standard InChI is InChI=1S/C21H23N5O2/c1-28-15-6-7-17-18(10-15)25-21(24-17)12-23-11-14-13-26(9-8-20(22)27)19-5-3-2-4-16(14)19/h2-7,10,13,23H,8-9,11-12H2,1H3,(H2,22,27)(H,24,25). The number of nitrogens with zero attached hydrogens (tertiary/aromatic N) is 2. The maximum Gasteiger partial charge on any atom is 0.219 e. The molecule has 1 amide bonds. The van der Waals surface area contributed by atoms with Crippen LogP contribution in [-0.2, 0) is 24.4 Å². The quantitative estimate of drug-likeness (QED) is 0.440. The minimum absolute atomic E-state index is 0.293. The summed E-state index contributed by atoms with van der Waals surface area (Å²) in [5.41, 5.74) is 9.46. The highest BCUT2D eigenvalue weighted by atomic mass is 16.5. The van der Waals surface area contributed by atoms with Crippen LogP contribution in [0, 0.1) is 0 Å². The summed E-state index contributed by atoms with van der Waals surface area (Å²) in [5.74, 6) is 1.39. The first-order chi connectivity index (χ1) is 13.6. The molecule has 2 aromatic heterocycles. The van der Waals surface area contributed by atoms with Gasteiger partial charge in [0, 0.05) is 42.7 Å². The summed E-state index contributed by atoms with van der Waals surface area (Å²) in [7, 11) is 1.65. The average molecular weight is 377 g/mol. The molecule has 4 N–H and O–H groups in total. The van der Waals surface area contributed by atoms with Crippen LogP contribution in [0.1, 0.15) is 17.8 Å². The van der Waals surface area contributed by atoms with Gasteiger partial charge in [-0.2, -0.15) is 0 Å². The number of aromatic nitrogens is 3. The third kappa shape index (κ3) is 3.70. The van der Waals surface area contributed by atoms with Crippen molar-refractivity contribution in [1.82, 2.24) is 19.9 Å². The zero-order chi connectivity index (χ0) is 19.5. The number of aromatic amines is 1. The number of ether oxygens (including phenoxy) is 1. The first-order valence-corrected chi connectivity index (χ1v) is 9.22. The fourth-order valence-corrected chi connectivity index (χ4v) is 3.45. The SMILES string of the molecule is COc1ccc2nc(CNCc3cn(CCC(N)=O)c4ccccc34)[nH]c2c1. The van der Waals surface area contributed by atoms with Crippen molar-refractivity contribution in [3.8, 4) is 5.75 Å². The number of aryl methyl sites for hydroxylation is 1. The van der Waals surface area contributed by atoms with Gasteiger partial charge in [0.15, 0.2) is 0 Å². The molecule has 0 fully saturated rings. The van der Waals surface area contributed by atoms with Crippen LogP contribution >= 0.6 is 0 Å². The summed E-state index contributed by atoms with van der Waals surface area (Å²) >= 11 is 0. The van der Waals surface area contributed by atoms with Crippen molar-refractivity contribution in [1.29, 1.82) is 0 Å². The Bertz CT molecular complexity index is 1130. The molecular weight excluding hydrogens is 354 g/mol. The zero-order valence-corrected chi connectivity index (χ0v) is 15.7. The van der Waals surface area contributed by atoms with E-state index in [0.29, 0.717) is 26.1 Å². The fraction of sp³-hybridized carbons (Fsp3) is 0.238. The van der Waals surface area contributed by atoms with Crippen LogP contribution in [0.25, 0.3) is 21.9 Å². The second-order valence-electron chi connectivity index (χ2n) is 6.75. The fourth-order valence-electron chi connectivity index (χ4n) is 3.45. The number of nitrogens with one attached hydrogen (secondary N) is 2. The lowest BCUT2D eigenvalue weighted by Gasteiger charge is -2.02. The zero-order valence-electron chi connectivity index (χ0n) is 15.7. The van der Waals surface area contributed by atoms with E-state index in [-0.39, 0.29) is 5.91 Å². The molecule has 28 heavy (non-hydrogen) atoms. The van der Waals surface area contributed by atoms with Crippen LogP contribution in [0.15, 0.2) is 48.7 Å². The minimum atomic E-state index is -0.293. The molecule has 144 valence electrons. The van der Waals surface area contributed by atoms with Gasteiger partial charge in [-0.3, -0.25) is 4.79 Å². The van der Waals surface area contributed by atoms with Gasteiger partial charge >= 0.3 is 0 Å². The number of fused-ring (bicyclic) bond motifs is 2. The van der Waals surface area contributed by atoms with Gasteiger partial charge < -0.3 is 25.3 Å². The Kier molecular flexibility index (Phi) is 4.99. The lowest BCUT2D eigenvalue weighted by molar-refractivity contribution is -0.118. The number of nitrogens with two attached hydrogens (primary N) is 1. The first-order valence-electron chi connectivity index (χ1n) is 9.22. The second kappa shape index (κ2) is 7.74. The Hall–Kier alpha value is -3.32. The molecule has 0 aliphatic rings. The first kappa shape index (κ1) is 18.1. The predicted molar refractivity (Wildman–Crippen MR) is 109 cm³/mol. The van der Waals surface area contributed by atoms with Gasteiger partial charge in [-0.05, 0) is 23.8 Å². The molecule has 0 aliphatic carbocycles. The van der Waals surface area contributed by atoms with Gasteiger partial charge in [-0.1, -0.05) is 18.2 Å². The van der Waals surface area contributed by atoms with Crippen molar-refractivity contribution < 1.29 is 9.53 Å². The number of benzene rings is 2. The average Bonchev–Trinajstić information content (AvgIpc) is 3.27. The Morgan fingerprint density at radius 2 is 2.11 bits per heavy atom.